The Hall–Kier alpha value is -2.11. The van der Waals surface area contributed by atoms with Crippen LogP contribution in [0, 0.1) is 0 Å². The molecule has 1 atom stereocenters. The maximum atomic E-state index is 11.9. The van der Waals surface area contributed by atoms with Crippen LogP contribution in [0.1, 0.15) is 10.4 Å². The molecule has 0 bridgehead atoms. The normalized spacial score (nSPS) is 12.3. The Morgan fingerprint density at radius 3 is 2.50 bits per heavy atom. The first-order chi connectivity index (χ1) is 9.61. The van der Waals surface area contributed by atoms with Crippen molar-refractivity contribution in [1.82, 2.24) is 0 Å². The van der Waals surface area contributed by atoms with Crippen molar-refractivity contribution < 1.29 is 24.5 Å². The smallest absolute Gasteiger partial charge is 0.342 e. The molecule has 0 aliphatic rings. The van der Waals surface area contributed by atoms with Gasteiger partial charge in [0.15, 0.2) is 0 Å². The van der Waals surface area contributed by atoms with E-state index in [1.54, 1.807) is 6.07 Å². The van der Waals surface area contributed by atoms with Gasteiger partial charge in [0.2, 0.25) is 0 Å². The van der Waals surface area contributed by atoms with E-state index in [9.17, 15) is 15.0 Å². The molecule has 0 amide bonds. The van der Waals surface area contributed by atoms with Crippen LogP contribution in [0.2, 0.25) is 0 Å². The molecule has 0 saturated heterocycles. The van der Waals surface area contributed by atoms with Crippen molar-refractivity contribution in [1.29, 1.82) is 0 Å². The van der Waals surface area contributed by atoms with E-state index in [-0.39, 0.29) is 24.5 Å². The number of phenolic OH excluding ortho intramolecular Hbond substituents is 1. The number of hydrogen-bond donors (Lipinski definition) is 2. The molecule has 20 heavy (non-hydrogen) atoms. The fourth-order valence-corrected chi connectivity index (χ4v) is 1.88. The van der Waals surface area contributed by atoms with Gasteiger partial charge in [0.1, 0.15) is 24.0 Å². The number of benzene rings is 2. The first-order valence-electron chi connectivity index (χ1n) is 6.17. The number of aliphatic hydroxyl groups excluding tert-OH is 1. The summed E-state index contributed by atoms with van der Waals surface area (Å²) in [4.78, 5) is 11.9. The van der Waals surface area contributed by atoms with Crippen molar-refractivity contribution in [2.24, 2.45) is 0 Å². The number of hydrogen-bond acceptors (Lipinski definition) is 5. The Labute approximate surface area is 116 Å². The number of esters is 1. The number of rotatable bonds is 5. The summed E-state index contributed by atoms with van der Waals surface area (Å²) in [5.74, 6) is -0.821. The number of ether oxygens (including phenoxy) is 2. The largest absolute Gasteiger partial charge is 0.507 e. The summed E-state index contributed by atoms with van der Waals surface area (Å²) in [6, 6.07) is 10.4. The fraction of sp³-hybridized carbons (Fsp3) is 0.267. The second-order valence-corrected chi connectivity index (χ2v) is 4.42. The maximum Gasteiger partial charge on any atom is 0.342 e. The molecule has 5 heteroatoms. The highest BCUT2D eigenvalue weighted by Crippen LogP contribution is 2.25. The van der Waals surface area contributed by atoms with Crippen LogP contribution in [0.4, 0.5) is 0 Å². The third-order valence-electron chi connectivity index (χ3n) is 2.85. The van der Waals surface area contributed by atoms with Crippen molar-refractivity contribution in [2.45, 2.75) is 6.10 Å². The highest BCUT2D eigenvalue weighted by molar-refractivity contribution is 5.98. The highest BCUT2D eigenvalue weighted by Gasteiger charge is 2.15. The summed E-state index contributed by atoms with van der Waals surface area (Å²) in [5.41, 5.74) is 0.0771. The average molecular weight is 276 g/mol. The van der Waals surface area contributed by atoms with Crippen molar-refractivity contribution in [3.8, 4) is 5.75 Å². The minimum absolute atomic E-state index is 0.0771. The number of carbonyl (C=O) groups excluding carboxylic acids is 1. The van der Waals surface area contributed by atoms with Crippen molar-refractivity contribution in [3.63, 3.8) is 0 Å². The minimum Gasteiger partial charge on any atom is -0.507 e. The van der Waals surface area contributed by atoms with E-state index in [1.807, 2.05) is 24.3 Å². The first-order valence-corrected chi connectivity index (χ1v) is 6.17. The number of fused-ring (bicyclic) bond motifs is 1. The monoisotopic (exact) mass is 276 g/mol. The lowest BCUT2D eigenvalue weighted by molar-refractivity contribution is -0.00000791. The van der Waals surface area contributed by atoms with Gasteiger partial charge < -0.3 is 19.7 Å². The predicted molar refractivity (Wildman–Crippen MR) is 73.8 cm³/mol. The lowest BCUT2D eigenvalue weighted by Gasteiger charge is -2.11. The van der Waals surface area contributed by atoms with Crippen LogP contribution < -0.4 is 0 Å². The van der Waals surface area contributed by atoms with Gasteiger partial charge in [-0.25, -0.2) is 4.79 Å². The van der Waals surface area contributed by atoms with Crippen LogP contribution in [-0.2, 0) is 9.47 Å². The molecule has 0 aromatic heterocycles. The molecular weight excluding hydrogens is 260 g/mol. The van der Waals surface area contributed by atoms with Gasteiger partial charge in [-0.05, 0) is 22.9 Å². The molecule has 2 aromatic carbocycles. The zero-order valence-corrected chi connectivity index (χ0v) is 11.1. The van der Waals surface area contributed by atoms with E-state index < -0.39 is 12.1 Å². The van der Waals surface area contributed by atoms with Gasteiger partial charge in [0, 0.05) is 7.11 Å². The van der Waals surface area contributed by atoms with Crippen LogP contribution in [0.5, 0.6) is 5.75 Å². The second-order valence-electron chi connectivity index (χ2n) is 4.42. The molecule has 2 rings (SSSR count). The summed E-state index contributed by atoms with van der Waals surface area (Å²) in [6.07, 6.45) is -0.883. The summed E-state index contributed by atoms with van der Waals surface area (Å²) in [6.45, 7) is -0.101. The molecule has 0 saturated carbocycles. The third-order valence-corrected chi connectivity index (χ3v) is 2.85. The Morgan fingerprint density at radius 1 is 1.20 bits per heavy atom. The third kappa shape index (κ3) is 3.26. The highest BCUT2D eigenvalue weighted by atomic mass is 16.5. The lowest BCUT2D eigenvalue weighted by Crippen LogP contribution is -2.23. The topological polar surface area (TPSA) is 76.0 Å². The fourth-order valence-electron chi connectivity index (χ4n) is 1.88. The summed E-state index contributed by atoms with van der Waals surface area (Å²) in [5, 5.41) is 20.9. The molecule has 0 heterocycles. The van der Waals surface area contributed by atoms with E-state index in [4.69, 9.17) is 9.47 Å². The Bertz CT molecular complexity index is 608. The van der Waals surface area contributed by atoms with Gasteiger partial charge in [-0.2, -0.15) is 0 Å². The minimum atomic E-state index is -0.883. The zero-order chi connectivity index (χ0) is 14.5. The average Bonchev–Trinajstić information content (AvgIpc) is 2.44. The van der Waals surface area contributed by atoms with Gasteiger partial charge in [-0.1, -0.05) is 24.3 Å². The molecule has 0 fully saturated rings. The van der Waals surface area contributed by atoms with Crippen LogP contribution in [0.15, 0.2) is 36.4 Å². The number of aromatic hydroxyl groups is 1. The zero-order valence-electron chi connectivity index (χ0n) is 11.1. The Morgan fingerprint density at radius 2 is 1.85 bits per heavy atom. The van der Waals surface area contributed by atoms with E-state index in [2.05, 4.69) is 0 Å². The molecule has 0 aliphatic carbocycles. The molecule has 2 N–H and O–H groups in total. The molecule has 1 unspecified atom stereocenters. The first kappa shape index (κ1) is 14.3. The summed E-state index contributed by atoms with van der Waals surface area (Å²) < 4.78 is 9.68. The second kappa shape index (κ2) is 6.36. The summed E-state index contributed by atoms with van der Waals surface area (Å²) >= 11 is 0. The van der Waals surface area contributed by atoms with Crippen LogP contribution in [-0.4, -0.2) is 42.6 Å². The summed E-state index contributed by atoms with van der Waals surface area (Å²) in [7, 11) is 1.44. The Balaban J connectivity index is 2.15. The number of carbonyl (C=O) groups is 1. The van der Waals surface area contributed by atoms with Crippen LogP contribution >= 0.6 is 0 Å². The van der Waals surface area contributed by atoms with E-state index in [0.29, 0.717) is 0 Å². The molecule has 0 aliphatic heterocycles. The standard InChI is InChI=1S/C15H16O5/c1-19-8-12(16)9-20-15(18)13-6-10-4-2-3-5-11(10)7-14(13)17/h2-7,12,16-17H,8-9H2,1H3. The molecule has 2 aromatic rings. The van der Waals surface area contributed by atoms with Gasteiger partial charge in [-0.3, -0.25) is 0 Å². The molecular formula is C15H16O5. The van der Waals surface area contributed by atoms with Gasteiger partial charge in [0.25, 0.3) is 0 Å². The van der Waals surface area contributed by atoms with Gasteiger partial charge >= 0.3 is 5.97 Å². The predicted octanol–water partition coefficient (Wildman–Crippen LogP) is 1.71. The molecule has 0 spiro atoms. The van der Waals surface area contributed by atoms with Crippen LogP contribution in [0.3, 0.4) is 0 Å². The molecule has 0 radical (unpaired) electrons. The van der Waals surface area contributed by atoms with Crippen molar-refractivity contribution >= 4 is 16.7 Å². The van der Waals surface area contributed by atoms with Crippen LogP contribution in [0.25, 0.3) is 10.8 Å². The quantitative estimate of drug-likeness (QED) is 0.813. The Kier molecular flexibility index (Phi) is 4.55. The van der Waals surface area contributed by atoms with E-state index in [0.717, 1.165) is 10.8 Å². The van der Waals surface area contributed by atoms with Gasteiger partial charge in [-0.15, -0.1) is 0 Å². The van der Waals surface area contributed by atoms with Crippen molar-refractivity contribution in [3.05, 3.63) is 42.0 Å². The SMILES string of the molecule is COCC(O)COC(=O)c1cc2ccccc2cc1O. The van der Waals surface area contributed by atoms with Crippen molar-refractivity contribution in [2.75, 3.05) is 20.3 Å². The van der Waals surface area contributed by atoms with E-state index >= 15 is 0 Å². The number of aliphatic hydroxyl groups is 1. The van der Waals surface area contributed by atoms with Gasteiger partial charge in [0.05, 0.1) is 6.61 Å². The number of phenols is 1. The lowest BCUT2D eigenvalue weighted by atomic mass is 10.1. The molecule has 5 nitrogen and oxygen atoms in total. The maximum absolute atomic E-state index is 11.9. The number of methoxy groups -OCH3 is 1. The van der Waals surface area contributed by atoms with E-state index in [1.165, 1.54) is 13.2 Å². The molecule has 106 valence electrons.